The summed E-state index contributed by atoms with van der Waals surface area (Å²) in [6, 6.07) is 5.89. The van der Waals surface area contributed by atoms with E-state index in [4.69, 9.17) is 4.74 Å². The van der Waals surface area contributed by atoms with E-state index in [1.54, 1.807) is 0 Å². The molecule has 1 aromatic carbocycles. The molecule has 0 saturated carbocycles. The van der Waals surface area contributed by atoms with Crippen LogP contribution in [-0.4, -0.2) is 32.1 Å². The van der Waals surface area contributed by atoms with Gasteiger partial charge >= 0.3 is 0 Å². The molecule has 1 atom stereocenters. The number of ether oxygens (including phenoxy) is 1. The molecule has 19 heavy (non-hydrogen) atoms. The summed E-state index contributed by atoms with van der Waals surface area (Å²) in [4.78, 5) is 13.2. The molecule has 1 aromatic rings. The van der Waals surface area contributed by atoms with Crippen LogP contribution in [0.2, 0.25) is 0 Å². The topological polar surface area (TPSA) is 29.5 Å². The third-order valence-corrected chi connectivity index (χ3v) is 4.10. The van der Waals surface area contributed by atoms with E-state index >= 15 is 0 Å². The van der Waals surface area contributed by atoms with Crippen molar-refractivity contribution in [3.05, 3.63) is 28.2 Å². The van der Waals surface area contributed by atoms with Gasteiger partial charge in [0.25, 0.3) is 0 Å². The number of carbonyl (C=O) groups is 1. The number of nitrogens with zero attached hydrogens (tertiary/aromatic N) is 1. The van der Waals surface area contributed by atoms with Crippen molar-refractivity contribution in [2.75, 3.05) is 24.6 Å². The number of hydrogen-bond donors (Lipinski definition) is 0. The first-order valence-corrected chi connectivity index (χ1v) is 7.65. The Balaban J connectivity index is 2.04. The monoisotopic (exact) mass is 325 g/mol. The molecular weight excluding hydrogens is 306 g/mol. The Kier molecular flexibility index (Phi) is 5.40. The highest BCUT2D eigenvalue weighted by Crippen LogP contribution is 2.26. The van der Waals surface area contributed by atoms with Crippen LogP contribution in [0.15, 0.2) is 22.7 Å². The SMILES string of the molecule is CCCOC1CCCN(c2ccc(C=O)c(Br)c2)C1. The summed E-state index contributed by atoms with van der Waals surface area (Å²) in [5, 5.41) is 0. The molecule has 0 aliphatic carbocycles. The molecule has 0 aromatic heterocycles. The van der Waals surface area contributed by atoms with Crippen molar-refractivity contribution in [1.29, 1.82) is 0 Å². The van der Waals surface area contributed by atoms with Crippen molar-refractivity contribution in [2.24, 2.45) is 0 Å². The second-order valence-electron chi connectivity index (χ2n) is 4.90. The fraction of sp³-hybridized carbons (Fsp3) is 0.533. The minimum absolute atomic E-state index is 0.332. The van der Waals surface area contributed by atoms with E-state index < -0.39 is 0 Å². The van der Waals surface area contributed by atoms with Gasteiger partial charge in [-0.3, -0.25) is 4.79 Å². The van der Waals surface area contributed by atoms with E-state index in [1.807, 2.05) is 18.2 Å². The van der Waals surface area contributed by atoms with E-state index in [-0.39, 0.29) is 0 Å². The summed E-state index contributed by atoms with van der Waals surface area (Å²) in [7, 11) is 0. The standard InChI is InChI=1S/C15H20BrNO2/c1-2-8-19-14-4-3-7-17(10-14)13-6-5-12(11-18)15(16)9-13/h5-6,9,11,14H,2-4,7-8,10H2,1H3. The molecule has 104 valence electrons. The molecule has 0 amide bonds. The van der Waals surface area contributed by atoms with Crippen LogP contribution in [0.4, 0.5) is 5.69 Å². The van der Waals surface area contributed by atoms with E-state index in [9.17, 15) is 4.79 Å². The molecule has 3 nitrogen and oxygen atoms in total. The summed E-state index contributed by atoms with van der Waals surface area (Å²) in [5.74, 6) is 0. The molecule has 1 fully saturated rings. The maximum atomic E-state index is 10.8. The number of aldehydes is 1. The summed E-state index contributed by atoms with van der Waals surface area (Å²) in [5.41, 5.74) is 1.85. The number of rotatable bonds is 5. The fourth-order valence-corrected chi connectivity index (χ4v) is 2.86. The molecule has 1 aliphatic rings. The molecule has 2 rings (SSSR count). The maximum Gasteiger partial charge on any atom is 0.151 e. The average molecular weight is 326 g/mol. The van der Waals surface area contributed by atoms with Gasteiger partial charge in [0.15, 0.2) is 6.29 Å². The first-order valence-electron chi connectivity index (χ1n) is 6.86. The molecule has 1 saturated heterocycles. The molecule has 0 bridgehead atoms. The smallest absolute Gasteiger partial charge is 0.151 e. The van der Waals surface area contributed by atoms with Gasteiger partial charge in [-0.15, -0.1) is 0 Å². The molecule has 1 aliphatic heterocycles. The molecule has 0 N–H and O–H groups in total. The highest BCUT2D eigenvalue weighted by Gasteiger charge is 2.20. The predicted octanol–water partition coefficient (Wildman–Crippen LogP) is 3.66. The summed E-state index contributed by atoms with van der Waals surface area (Å²) < 4.78 is 6.71. The minimum Gasteiger partial charge on any atom is -0.376 e. The van der Waals surface area contributed by atoms with Crippen LogP contribution in [0.1, 0.15) is 36.5 Å². The second kappa shape index (κ2) is 7.06. The third kappa shape index (κ3) is 3.80. The molecular formula is C15H20BrNO2. The number of carbonyl (C=O) groups excluding carboxylic acids is 1. The number of anilines is 1. The number of benzene rings is 1. The molecule has 4 heteroatoms. The van der Waals surface area contributed by atoms with Crippen molar-refractivity contribution in [1.82, 2.24) is 0 Å². The zero-order chi connectivity index (χ0) is 13.7. The quantitative estimate of drug-likeness (QED) is 0.774. The lowest BCUT2D eigenvalue weighted by Gasteiger charge is -2.34. The first kappa shape index (κ1) is 14.5. The Bertz CT molecular complexity index is 436. The zero-order valence-corrected chi connectivity index (χ0v) is 12.9. The fourth-order valence-electron chi connectivity index (χ4n) is 2.40. The van der Waals surface area contributed by atoms with Gasteiger partial charge in [-0.1, -0.05) is 6.92 Å². The Morgan fingerprint density at radius 2 is 2.37 bits per heavy atom. The van der Waals surface area contributed by atoms with E-state index in [2.05, 4.69) is 27.8 Å². The molecule has 1 heterocycles. The molecule has 1 unspecified atom stereocenters. The van der Waals surface area contributed by atoms with Crippen molar-refractivity contribution >= 4 is 27.9 Å². The summed E-state index contributed by atoms with van der Waals surface area (Å²) in [6.45, 7) is 4.97. The Morgan fingerprint density at radius 3 is 3.05 bits per heavy atom. The van der Waals surface area contributed by atoms with Crippen molar-refractivity contribution in [2.45, 2.75) is 32.3 Å². The van der Waals surface area contributed by atoms with Gasteiger partial charge in [-0.2, -0.15) is 0 Å². The van der Waals surface area contributed by atoms with Gasteiger partial charge < -0.3 is 9.64 Å². The minimum atomic E-state index is 0.332. The van der Waals surface area contributed by atoms with E-state index in [0.717, 1.165) is 55.4 Å². The normalized spacial score (nSPS) is 19.5. The van der Waals surface area contributed by atoms with Gasteiger partial charge in [-0.05, 0) is 53.4 Å². The van der Waals surface area contributed by atoms with Crippen LogP contribution in [-0.2, 0) is 4.74 Å². The summed E-state index contributed by atoms with van der Waals surface area (Å²) in [6.07, 6.45) is 4.57. The maximum absolute atomic E-state index is 10.8. The average Bonchev–Trinajstić information content (AvgIpc) is 2.45. The molecule has 0 spiro atoms. The highest BCUT2D eigenvalue weighted by atomic mass is 79.9. The van der Waals surface area contributed by atoms with Crippen LogP contribution < -0.4 is 4.90 Å². The first-order chi connectivity index (χ1) is 9.24. The van der Waals surface area contributed by atoms with Crippen LogP contribution in [0.5, 0.6) is 0 Å². The number of halogens is 1. The number of piperidine rings is 1. The van der Waals surface area contributed by atoms with E-state index in [0.29, 0.717) is 11.7 Å². The van der Waals surface area contributed by atoms with Crippen LogP contribution >= 0.6 is 15.9 Å². The molecule has 0 radical (unpaired) electrons. The highest BCUT2D eigenvalue weighted by molar-refractivity contribution is 9.10. The van der Waals surface area contributed by atoms with Crippen molar-refractivity contribution in [3.8, 4) is 0 Å². The van der Waals surface area contributed by atoms with Crippen LogP contribution in [0.3, 0.4) is 0 Å². The van der Waals surface area contributed by atoms with Crippen molar-refractivity contribution < 1.29 is 9.53 Å². The van der Waals surface area contributed by atoms with Crippen LogP contribution in [0.25, 0.3) is 0 Å². The van der Waals surface area contributed by atoms with Gasteiger partial charge in [-0.25, -0.2) is 0 Å². The Hall–Kier alpha value is -0.870. The van der Waals surface area contributed by atoms with Gasteiger partial charge in [0.2, 0.25) is 0 Å². The largest absolute Gasteiger partial charge is 0.376 e. The van der Waals surface area contributed by atoms with Crippen molar-refractivity contribution in [3.63, 3.8) is 0 Å². The second-order valence-corrected chi connectivity index (χ2v) is 5.76. The van der Waals surface area contributed by atoms with Crippen LogP contribution in [0, 0.1) is 0 Å². The lowest BCUT2D eigenvalue weighted by Crippen LogP contribution is -2.39. The van der Waals surface area contributed by atoms with Gasteiger partial charge in [0.1, 0.15) is 0 Å². The Morgan fingerprint density at radius 1 is 1.53 bits per heavy atom. The lowest BCUT2D eigenvalue weighted by molar-refractivity contribution is 0.0440. The lowest BCUT2D eigenvalue weighted by atomic mass is 10.1. The number of hydrogen-bond acceptors (Lipinski definition) is 3. The van der Waals surface area contributed by atoms with Gasteiger partial charge in [0.05, 0.1) is 6.10 Å². The third-order valence-electron chi connectivity index (χ3n) is 3.41. The van der Waals surface area contributed by atoms with E-state index in [1.165, 1.54) is 0 Å². The predicted molar refractivity (Wildman–Crippen MR) is 81.0 cm³/mol. The van der Waals surface area contributed by atoms with Gasteiger partial charge in [0, 0.05) is 35.4 Å². The Labute approximate surface area is 123 Å². The summed E-state index contributed by atoms with van der Waals surface area (Å²) >= 11 is 3.44. The zero-order valence-electron chi connectivity index (χ0n) is 11.3.